The summed E-state index contributed by atoms with van der Waals surface area (Å²) < 4.78 is 4.72. The van der Waals surface area contributed by atoms with Crippen LogP contribution >= 0.6 is 0 Å². The topological polar surface area (TPSA) is 71.7 Å². The van der Waals surface area contributed by atoms with E-state index in [1.165, 1.54) is 7.11 Å². The molecule has 1 aromatic rings. The molecule has 6 heteroatoms. The molecule has 0 bridgehead atoms. The van der Waals surface area contributed by atoms with Crippen molar-refractivity contribution in [3.05, 3.63) is 17.8 Å². The Morgan fingerprint density at radius 3 is 2.90 bits per heavy atom. The monoisotopic (exact) mass is 278 g/mol. The van der Waals surface area contributed by atoms with Crippen molar-refractivity contribution in [2.45, 2.75) is 19.4 Å². The summed E-state index contributed by atoms with van der Waals surface area (Å²) in [5.74, 6) is 0.238. The van der Waals surface area contributed by atoms with Crippen molar-refractivity contribution in [1.29, 1.82) is 0 Å². The summed E-state index contributed by atoms with van der Waals surface area (Å²) in [6, 6.07) is 3.61. The molecule has 1 aliphatic rings. The number of likely N-dealkylation sites (N-methyl/N-ethyl adjacent to an activating group) is 1. The van der Waals surface area contributed by atoms with E-state index in [9.17, 15) is 4.79 Å². The Morgan fingerprint density at radius 1 is 1.45 bits per heavy atom. The highest BCUT2D eigenvalue weighted by Crippen LogP contribution is 2.25. The Balaban J connectivity index is 2.32. The number of ether oxygens (including phenoxy) is 1. The quantitative estimate of drug-likeness (QED) is 0.813. The smallest absolute Gasteiger partial charge is 0.356 e. The number of carbonyl (C=O) groups is 1. The number of pyridine rings is 1. The standard InChI is InChI=1S/C14H22N4O2/c1-10-9-17(2)7-4-8-18(10)13-11(15)5-6-12(16-13)14(19)20-3/h5-6,10H,4,7-9,15H2,1-3H3. The molecule has 1 atom stereocenters. The lowest BCUT2D eigenvalue weighted by Gasteiger charge is -2.30. The Labute approximate surface area is 119 Å². The van der Waals surface area contributed by atoms with E-state index < -0.39 is 5.97 Å². The SMILES string of the molecule is COC(=O)c1ccc(N)c(N2CCCN(C)CC2C)n1. The lowest BCUT2D eigenvalue weighted by atomic mass is 10.2. The van der Waals surface area contributed by atoms with Crippen molar-refractivity contribution in [2.24, 2.45) is 0 Å². The largest absolute Gasteiger partial charge is 0.464 e. The minimum Gasteiger partial charge on any atom is -0.464 e. The summed E-state index contributed by atoms with van der Waals surface area (Å²) in [5.41, 5.74) is 6.92. The van der Waals surface area contributed by atoms with Crippen molar-refractivity contribution in [2.75, 3.05) is 44.4 Å². The molecule has 1 unspecified atom stereocenters. The highest BCUT2D eigenvalue weighted by atomic mass is 16.5. The van der Waals surface area contributed by atoms with Gasteiger partial charge in [0.2, 0.25) is 0 Å². The van der Waals surface area contributed by atoms with Crippen molar-refractivity contribution in [1.82, 2.24) is 9.88 Å². The molecule has 0 amide bonds. The average Bonchev–Trinajstić information content (AvgIpc) is 2.59. The van der Waals surface area contributed by atoms with Crippen LogP contribution in [-0.2, 0) is 4.74 Å². The zero-order valence-electron chi connectivity index (χ0n) is 12.3. The van der Waals surface area contributed by atoms with Gasteiger partial charge in [0.15, 0.2) is 11.5 Å². The van der Waals surface area contributed by atoms with Gasteiger partial charge < -0.3 is 20.3 Å². The maximum atomic E-state index is 11.6. The normalized spacial score (nSPS) is 20.6. The van der Waals surface area contributed by atoms with E-state index in [-0.39, 0.29) is 0 Å². The van der Waals surface area contributed by atoms with Gasteiger partial charge in [0.05, 0.1) is 12.8 Å². The van der Waals surface area contributed by atoms with Gasteiger partial charge in [-0.1, -0.05) is 0 Å². The van der Waals surface area contributed by atoms with Crippen LogP contribution in [0.3, 0.4) is 0 Å². The van der Waals surface area contributed by atoms with Gasteiger partial charge >= 0.3 is 5.97 Å². The zero-order valence-corrected chi connectivity index (χ0v) is 12.3. The van der Waals surface area contributed by atoms with Crippen LogP contribution in [0.5, 0.6) is 0 Å². The molecule has 1 aliphatic heterocycles. The molecule has 6 nitrogen and oxygen atoms in total. The number of nitrogens with two attached hydrogens (primary N) is 1. The van der Waals surface area contributed by atoms with Crippen LogP contribution in [0.15, 0.2) is 12.1 Å². The summed E-state index contributed by atoms with van der Waals surface area (Å²) in [4.78, 5) is 20.5. The van der Waals surface area contributed by atoms with Gasteiger partial charge in [0.1, 0.15) is 0 Å². The lowest BCUT2D eigenvalue weighted by molar-refractivity contribution is 0.0594. The summed E-state index contributed by atoms with van der Waals surface area (Å²) >= 11 is 0. The van der Waals surface area contributed by atoms with Crippen LogP contribution in [0, 0.1) is 0 Å². The molecular weight excluding hydrogens is 256 g/mol. The third kappa shape index (κ3) is 3.01. The first-order valence-electron chi connectivity index (χ1n) is 6.83. The van der Waals surface area contributed by atoms with Crippen LogP contribution < -0.4 is 10.6 Å². The number of methoxy groups -OCH3 is 1. The Hall–Kier alpha value is -1.82. The molecule has 0 saturated carbocycles. The fraction of sp³-hybridized carbons (Fsp3) is 0.571. The van der Waals surface area contributed by atoms with Crippen LogP contribution in [0.25, 0.3) is 0 Å². The molecule has 0 spiro atoms. The van der Waals surface area contributed by atoms with E-state index in [0.29, 0.717) is 23.2 Å². The molecule has 2 N–H and O–H groups in total. The first-order chi connectivity index (χ1) is 9.52. The maximum absolute atomic E-state index is 11.6. The van der Waals surface area contributed by atoms with E-state index in [1.54, 1.807) is 12.1 Å². The number of rotatable bonds is 2. The van der Waals surface area contributed by atoms with Crippen LogP contribution in [0.2, 0.25) is 0 Å². The van der Waals surface area contributed by atoms with Gasteiger partial charge in [-0.15, -0.1) is 0 Å². The molecule has 110 valence electrons. The Bertz CT molecular complexity index is 492. The number of hydrogen-bond donors (Lipinski definition) is 1. The van der Waals surface area contributed by atoms with Gasteiger partial charge in [0, 0.05) is 19.1 Å². The van der Waals surface area contributed by atoms with Gasteiger partial charge in [0.25, 0.3) is 0 Å². The molecule has 1 fully saturated rings. The fourth-order valence-electron chi connectivity index (χ4n) is 2.59. The van der Waals surface area contributed by atoms with Crippen molar-refractivity contribution in [3.8, 4) is 0 Å². The van der Waals surface area contributed by atoms with Gasteiger partial charge in [-0.25, -0.2) is 9.78 Å². The van der Waals surface area contributed by atoms with Gasteiger partial charge in [-0.2, -0.15) is 0 Å². The third-order valence-electron chi connectivity index (χ3n) is 3.62. The highest BCUT2D eigenvalue weighted by molar-refractivity contribution is 5.88. The van der Waals surface area contributed by atoms with Crippen LogP contribution in [0.1, 0.15) is 23.8 Å². The highest BCUT2D eigenvalue weighted by Gasteiger charge is 2.23. The molecule has 2 rings (SSSR count). The summed E-state index contributed by atoms with van der Waals surface area (Å²) in [6.07, 6.45) is 1.05. The number of aromatic nitrogens is 1. The first kappa shape index (κ1) is 14.6. The summed E-state index contributed by atoms with van der Waals surface area (Å²) in [6.45, 7) is 5.03. The Kier molecular flexibility index (Phi) is 4.44. The predicted octanol–water partition coefficient (Wildman–Crippen LogP) is 0.981. The third-order valence-corrected chi connectivity index (χ3v) is 3.62. The first-order valence-corrected chi connectivity index (χ1v) is 6.83. The van der Waals surface area contributed by atoms with E-state index in [4.69, 9.17) is 10.5 Å². The second-order valence-corrected chi connectivity index (χ2v) is 5.26. The summed E-state index contributed by atoms with van der Waals surface area (Å²) in [5, 5.41) is 0. The maximum Gasteiger partial charge on any atom is 0.356 e. The van der Waals surface area contributed by atoms with Gasteiger partial charge in [-0.3, -0.25) is 0 Å². The molecule has 1 saturated heterocycles. The number of hydrogen-bond acceptors (Lipinski definition) is 6. The van der Waals surface area contributed by atoms with Gasteiger partial charge in [-0.05, 0) is 39.1 Å². The van der Waals surface area contributed by atoms with E-state index in [1.807, 2.05) is 0 Å². The average molecular weight is 278 g/mol. The number of anilines is 2. The Morgan fingerprint density at radius 2 is 2.20 bits per heavy atom. The number of carbonyl (C=O) groups excluding carboxylic acids is 1. The summed E-state index contributed by atoms with van der Waals surface area (Å²) in [7, 11) is 3.46. The van der Waals surface area contributed by atoms with E-state index >= 15 is 0 Å². The van der Waals surface area contributed by atoms with Crippen molar-refractivity contribution in [3.63, 3.8) is 0 Å². The van der Waals surface area contributed by atoms with Crippen molar-refractivity contribution < 1.29 is 9.53 Å². The van der Waals surface area contributed by atoms with Crippen LogP contribution in [0.4, 0.5) is 11.5 Å². The molecule has 0 aromatic carbocycles. The number of nitrogens with zero attached hydrogens (tertiary/aromatic N) is 3. The minimum absolute atomic E-state index is 0.293. The number of nitrogen functional groups attached to an aromatic ring is 1. The van der Waals surface area contributed by atoms with E-state index in [2.05, 4.69) is 28.8 Å². The lowest BCUT2D eigenvalue weighted by Crippen LogP contribution is -2.39. The predicted molar refractivity (Wildman–Crippen MR) is 78.9 cm³/mol. The number of esters is 1. The van der Waals surface area contributed by atoms with Crippen molar-refractivity contribution >= 4 is 17.5 Å². The minimum atomic E-state index is -0.439. The molecular formula is C14H22N4O2. The van der Waals surface area contributed by atoms with E-state index in [0.717, 1.165) is 26.1 Å². The second kappa shape index (κ2) is 6.09. The molecule has 0 aliphatic carbocycles. The molecule has 2 heterocycles. The molecule has 1 aromatic heterocycles. The van der Waals surface area contributed by atoms with Crippen LogP contribution in [-0.4, -0.2) is 55.7 Å². The molecule has 20 heavy (non-hydrogen) atoms. The fourth-order valence-corrected chi connectivity index (χ4v) is 2.59. The molecule has 0 radical (unpaired) electrons. The second-order valence-electron chi connectivity index (χ2n) is 5.26. The zero-order chi connectivity index (χ0) is 14.7.